The molecular formula is C28H32N2O5. The first-order chi connectivity index (χ1) is 16.6. The lowest BCUT2D eigenvalue weighted by atomic mass is 9.90. The highest BCUT2D eigenvalue weighted by molar-refractivity contribution is 5.93. The number of aliphatic hydroxyl groups is 1. The Morgan fingerprint density at radius 1 is 1.00 bits per heavy atom. The Labute approximate surface area is 205 Å². The van der Waals surface area contributed by atoms with Gasteiger partial charge in [0.25, 0.3) is 5.91 Å². The van der Waals surface area contributed by atoms with Gasteiger partial charge in [0.1, 0.15) is 23.7 Å². The number of ether oxygens (including phenoxy) is 1. The molecule has 35 heavy (non-hydrogen) atoms. The van der Waals surface area contributed by atoms with E-state index >= 15 is 0 Å². The fourth-order valence-corrected chi connectivity index (χ4v) is 3.53. The Hall–Kier alpha value is -3.71. The molecule has 0 aliphatic heterocycles. The predicted molar refractivity (Wildman–Crippen MR) is 134 cm³/mol. The van der Waals surface area contributed by atoms with Crippen LogP contribution in [0.3, 0.4) is 0 Å². The number of amides is 1. The molecule has 0 saturated carbocycles. The van der Waals surface area contributed by atoms with Gasteiger partial charge in [0.05, 0.1) is 18.6 Å². The summed E-state index contributed by atoms with van der Waals surface area (Å²) in [6, 6.07) is 19.2. The van der Waals surface area contributed by atoms with Crippen LogP contribution in [0.1, 0.15) is 54.8 Å². The SMILES string of the molecule is Cc1ccccc1C(CC(=O)O)NC(=O)c1ccc(OC[C@@H](O)C(C)(C)C)c(-c2ccccc2)n1. The van der Waals surface area contributed by atoms with Crippen molar-refractivity contribution in [3.63, 3.8) is 0 Å². The number of aryl methyl sites for hydroxylation is 1. The minimum atomic E-state index is -1.02. The normalized spacial score (nSPS) is 13.1. The van der Waals surface area contributed by atoms with Crippen molar-refractivity contribution in [2.75, 3.05) is 6.61 Å². The Kier molecular flexibility index (Phi) is 8.25. The largest absolute Gasteiger partial charge is 0.489 e. The van der Waals surface area contributed by atoms with Crippen molar-refractivity contribution < 1.29 is 24.5 Å². The molecule has 1 unspecified atom stereocenters. The number of carboxylic acid groups (broad SMARTS) is 1. The van der Waals surface area contributed by atoms with Crippen molar-refractivity contribution in [3.8, 4) is 17.0 Å². The highest BCUT2D eigenvalue weighted by atomic mass is 16.5. The highest BCUT2D eigenvalue weighted by Crippen LogP contribution is 2.30. The quantitative estimate of drug-likeness (QED) is 0.410. The molecule has 0 radical (unpaired) electrons. The van der Waals surface area contributed by atoms with Crippen LogP contribution >= 0.6 is 0 Å². The van der Waals surface area contributed by atoms with Gasteiger partial charge in [0.15, 0.2) is 0 Å². The van der Waals surface area contributed by atoms with E-state index in [-0.39, 0.29) is 24.1 Å². The summed E-state index contributed by atoms with van der Waals surface area (Å²) in [6.45, 7) is 7.72. The fraction of sp³-hybridized carbons (Fsp3) is 0.321. The summed E-state index contributed by atoms with van der Waals surface area (Å²) in [5, 5.41) is 22.6. The van der Waals surface area contributed by atoms with Crippen LogP contribution < -0.4 is 10.1 Å². The first-order valence-electron chi connectivity index (χ1n) is 11.5. The summed E-state index contributed by atoms with van der Waals surface area (Å²) in [7, 11) is 0. The number of hydrogen-bond acceptors (Lipinski definition) is 5. The van der Waals surface area contributed by atoms with E-state index in [2.05, 4.69) is 10.3 Å². The van der Waals surface area contributed by atoms with Gasteiger partial charge in [-0.1, -0.05) is 75.4 Å². The summed E-state index contributed by atoms with van der Waals surface area (Å²) in [4.78, 5) is 29.2. The van der Waals surface area contributed by atoms with E-state index in [0.717, 1.165) is 16.7 Å². The second-order valence-electron chi connectivity index (χ2n) is 9.58. The van der Waals surface area contributed by atoms with Gasteiger partial charge in [-0.15, -0.1) is 0 Å². The summed E-state index contributed by atoms with van der Waals surface area (Å²) in [5.74, 6) is -1.06. The molecule has 0 aliphatic rings. The number of nitrogens with zero attached hydrogens (tertiary/aromatic N) is 1. The van der Waals surface area contributed by atoms with Crippen molar-refractivity contribution in [2.45, 2.75) is 46.3 Å². The lowest BCUT2D eigenvalue weighted by Gasteiger charge is -2.26. The number of benzene rings is 2. The molecule has 1 heterocycles. The summed E-state index contributed by atoms with van der Waals surface area (Å²) >= 11 is 0. The number of rotatable bonds is 9. The van der Waals surface area contributed by atoms with Crippen LogP contribution in [0.2, 0.25) is 0 Å². The third kappa shape index (κ3) is 6.90. The third-order valence-corrected chi connectivity index (χ3v) is 5.78. The number of aliphatic hydroxyl groups excluding tert-OH is 1. The van der Waals surface area contributed by atoms with Crippen molar-refractivity contribution in [3.05, 3.63) is 83.6 Å². The standard InChI is InChI=1S/C28H32N2O5/c1-18-10-8-9-13-20(18)22(16-25(32)33)30-27(34)21-14-15-23(35-17-24(31)28(2,3)4)26(29-21)19-11-6-5-7-12-19/h5-15,22,24,31H,16-17H2,1-4H3,(H,30,34)(H,32,33)/t22?,24-/m1/s1. The minimum Gasteiger partial charge on any atom is -0.489 e. The lowest BCUT2D eigenvalue weighted by Crippen LogP contribution is -2.32. The topological polar surface area (TPSA) is 109 Å². The molecule has 1 aromatic heterocycles. The van der Waals surface area contributed by atoms with E-state index < -0.39 is 24.0 Å². The Morgan fingerprint density at radius 2 is 1.66 bits per heavy atom. The monoisotopic (exact) mass is 476 g/mol. The molecule has 0 fully saturated rings. The Balaban J connectivity index is 1.91. The van der Waals surface area contributed by atoms with Crippen LogP contribution in [-0.2, 0) is 4.79 Å². The van der Waals surface area contributed by atoms with Crippen LogP contribution in [0, 0.1) is 12.3 Å². The zero-order valence-electron chi connectivity index (χ0n) is 20.5. The summed E-state index contributed by atoms with van der Waals surface area (Å²) in [5.41, 5.74) is 2.63. The molecule has 184 valence electrons. The maximum absolute atomic E-state index is 13.2. The van der Waals surface area contributed by atoms with Gasteiger partial charge in [-0.25, -0.2) is 4.98 Å². The van der Waals surface area contributed by atoms with Crippen molar-refractivity contribution in [1.82, 2.24) is 10.3 Å². The van der Waals surface area contributed by atoms with Gasteiger partial charge in [-0.05, 0) is 35.6 Å². The van der Waals surface area contributed by atoms with Crippen molar-refractivity contribution >= 4 is 11.9 Å². The average Bonchev–Trinajstić information content (AvgIpc) is 2.82. The van der Waals surface area contributed by atoms with E-state index in [1.165, 1.54) is 6.07 Å². The number of carbonyl (C=O) groups is 2. The molecular weight excluding hydrogens is 444 g/mol. The van der Waals surface area contributed by atoms with E-state index in [9.17, 15) is 19.8 Å². The van der Waals surface area contributed by atoms with Crippen LogP contribution in [0.25, 0.3) is 11.3 Å². The van der Waals surface area contributed by atoms with E-state index in [1.54, 1.807) is 6.07 Å². The highest BCUT2D eigenvalue weighted by Gasteiger charge is 2.25. The van der Waals surface area contributed by atoms with Gasteiger partial charge >= 0.3 is 5.97 Å². The maximum atomic E-state index is 13.2. The molecule has 3 rings (SSSR count). The Bertz CT molecular complexity index is 1170. The van der Waals surface area contributed by atoms with Gasteiger partial charge in [-0.2, -0.15) is 0 Å². The second-order valence-corrected chi connectivity index (χ2v) is 9.58. The molecule has 0 spiro atoms. The number of aliphatic carboxylic acids is 1. The Morgan fingerprint density at radius 3 is 2.29 bits per heavy atom. The van der Waals surface area contributed by atoms with E-state index in [4.69, 9.17) is 4.74 Å². The molecule has 3 N–H and O–H groups in total. The number of pyridine rings is 1. The van der Waals surface area contributed by atoms with E-state index in [1.807, 2.05) is 82.3 Å². The van der Waals surface area contributed by atoms with Crippen LogP contribution in [0.4, 0.5) is 0 Å². The third-order valence-electron chi connectivity index (χ3n) is 5.78. The number of hydrogen-bond donors (Lipinski definition) is 3. The maximum Gasteiger partial charge on any atom is 0.305 e. The van der Waals surface area contributed by atoms with Crippen molar-refractivity contribution in [2.24, 2.45) is 5.41 Å². The lowest BCUT2D eigenvalue weighted by molar-refractivity contribution is -0.137. The predicted octanol–water partition coefficient (Wildman–Crippen LogP) is 4.79. The average molecular weight is 477 g/mol. The smallest absolute Gasteiger partial charge is 0.305 e. The van der Waals surface area contributed by atoms with Gasteiger partial charge in [0, 0.05) is 5.56 Å². The first-order valence-corrected chi connectivity index (χ1v) is 11.5. The zero-order valence-corrected chi connectivity index (χ0v) is 20.5. The van der Waals surface area contributed by atoms with Crippen LogP contribution in [0.5, 0.6) is 5.75 Å². The molecule has 1 amide bonds. The van der Waals surface area contributed by atoms with Crippen LogP contribution in [-0.4, -0.2) is 39.8 Å². The molecule has 7 nitrogen and oxygen atoms in total. The van der Waals surface area contributed by atoms with Gasteiger partial charge in [-0.3, -0.25) is 9.59 Å². The minimum absolute atomic E-state index is 0.0739. The number of aromatic nitrogens is 1. The molecule has 7 heteroatoms. The van der Waals surface area contributed by atoms with Gasteiger partial charge in [0.2, 0.25) is 0 Å². The summed E-state index contributed by atoms with van der Waals surface area (Å²) in [6.07, 6.45) is -0.950. The second kappa shape index (κ2) is 11.1. The number of carbonyl (C=O) groups excluding carboxylic acids is 1. The molecule has 0 aliphatic carbocycles. The molecule has 2 atom stereocenters. The van der Waals surface area contributed by atoms with Gasteiger partial charge < -0.3 is 20.3 Å². The fourth-order valence-electron chi connectivity index (χ4n) is 3.53. The number of carboxylic acids is 1. The van der Waals surface area contributed by atoms with Crippen LogP contribution in [0.15, 0.2) is 66.7 Å². The van der Waals surface area contributed by atoms with E-state index in [0.29, 0.717) is 11.4 Å². The number of nitrogens with one attached hydrogen (secondary N) is 1. The molecule has 0 bridgehead atoms. The zero-order chi connectivity index (χ0) is 25.6. The first kappa shape index (κ1) is 25.9. The molecule has 0 saturated heterocycles. The molecule has 2 aromatic carbocycles. The van der Waals surface area contributed by atoms with Crippen molar-refractivity contribution in [1.29, 1.82) is 0 Å². The summed E-state index contributed by atoms with van der Waals surface area (Å²) < 4.78 is 5.91. The molecule has 3 aromatic rings.